The molecule has 0 aliphatic heterocycles. The lowest BCUT2D eigenvalue weighted by Crippen LogP contribution is -2.36. The maximum atomic E-state index is 11.4. The molecular formula is C7H14N4O2S. The number of nitrogens with zero attached hydrogens (tertiary/aromatic N) is 1. The van der Waals surface area contributed by atoms with Crippen molar-refractivity contribution in [2.24, 2.45) is 5.73 Å². The molecule has 0 bridgehead atoms. The van der Waals surface area contributed by atoms with Gasteiger partial charge in [-0.15, -0.1) is 0 Å². The minimum absolute atomic E-state index is 0.109. The molecule has 0 saturated carbocycles. The molecule has 1 atom stereocenters. The highest BCUT2D eigenvalue weighted by molar-refractivity contribution is 7.90. The van der Waals surface area contributed by atoms with Crippen molar-refractivity contribution in [2.45, 2.75) is 18.7 Å². The van der Waals surface area contributed by atoms with E-state index in [9.17, 15) is 8.42 Å². The van der Waals surface area contributed by atoms with Crippen molar-refractivity contribution < 1.29 is 8.42 Å². The molecule has 1 heterocycles. The van der Waals surface area contributed by atoms with Crippen molar-refractivity contribution in [3.05, 3.63) is 18.2 Å². The third-order valence-corrected chi connectivity index (χ3v) is 3.68. The Balaban J connectivity index is 2.53. The molecule has 0 amide bonds. The van der Waals surface area contributed by atoms with Crippen LogP contribution in [0.15, 0.2) is 12.5 Å². The molecule has 0 aliphatic carbocycles. The lowest BCUT2D eigenvalue weighted by Gasteiger charge is -2.10. The van der Waals surface area contributed by atoms with Crippen LogP contribution in [0.5, 0.6) is 0 Å². The Labute approximate surface area is 83.0 Å². The Kier molecular flexibility index (Phi) is 3.62. The van der Waals surface area contributed by atoms with Gasteiger partial charge in [0.15, 0.2) is 0 Å². The van der Waals surface area contributed by atoms with Crippen molar-refractivity contribution in [2.75, 3.05) is 6.54 Å². The Hall–Kier alpha value is -0.920. The summed E-state index contributed by atoms with van der Waals surface area (Å²) in [7, 11) is -3.31. The number of aromatic amines is 1. The molecule has 0 radical (unpaired) electrons. The van der Waals surface area contributed by atoms with E-state index in [0.717, 1.165) is 5.69 Å². The van der Waals surface area contributed by atoms with Gasteiger partial charge in [-0.2, -0.15) is 0 Å². The van der Waals surface area contributed by atoms with E-state index in [4.69, 9.17) is 5.73 Å². The van der Waals surface area contributed by atoms with E-state index in [1.807, 2.05) is 0 Å². The summed E-state index contributed by atoms with van der Waals surface area (Å²) in [4.78, 5) is 6.57. The lowest BCUT2D eigenvalue weighted by atomic mass is 10.5. The van der Waals surface area contributed by atoms with Gasteiger partial charge in [-0.3, -0.25) is 0 Å². The van der Waals surface area contributed by atoms with E-state index in [1.165, 1.54) is 6.33 Å². The molecule has 4 N–H and O–H groups in total. The number of nitrogens with one attached hydrogen (secondary N) is 2. The van der Waals surface area contributed by atoms with Crippen molar-refractivity contribution in [3.8, 4) is 0 Å². The van der Waals surface area contributed by atoms with E-state index in [2.05, 4.69) is 14.7 Å². The molecule has 0 saturated heterocycles. The molecule has 0 spiro atoms. The molecule has 0 aromatic carbocycles. The molecular weight excluding hydrogens is 204 g/mol. The zero-order chi connectivity index (χ0) is 10.6. The fourth-order valence-electron chi connectivity index (χ4n) is 0.829. The van der Waals surface area contributed by atoms with Crippen LogP contribution in [-0.4, -0.2) is 30.2 Å². The second-order valence-corrected chi connectivity index (χ2v) is 5.17. The summed E-state index contributed by atoms with van der Waals surface area (Å²) in [5, 5.41) is -0.578. The normalized spacial score (nSPS) is 14.1. The molecule has 0 aliphatic rings. The molecule has 0 fully saturated rings. The van der Waals surface area contributed by atoms with E-state index in [1.54, 1.807) is 13.1 Å². The van der Waals surface area contributed by atoms with Gasteiger partial charge in [0.05, 0.1) is 18.1 Å². The second kappa shape index (κ2) is 4.54. The van der Waals surface area contributed by atoms with Crippen LogP contribution in [0.1, 0.15) is 12.6 Å². The van der Waals surface area contributed by atoms with Crippen LogP contribution >= 0.6 is 0 Å². The van der Waals surface area contributed by atoms with Gasteiger partial charge < -0.3 is 10.7 Å². The first-order chi connectivity index (χ1) is 6.56. The second-order valence-electron chi connectivity index (χ2n) is 2.99. The van der Waals surface area contributed by atoms with Crippen LogP contribution in [0.25, 0.3) is 0 Å². The highest BCUT2D eigenvalue weighted by Gasteiger charge is 2.18. The monoisotopic (exact) mass is 218 g/mol. The number of H-pyrrole nitrogens is 1. The molecule has 80 valence electrons. The van der Waals surface area contributed by atoms with Crippen LogP contribution in [0.2, 0.25) is 0 Å². The van der Waals surface area contributed by atoms with E-state index < -0.39 is 15.3 Å². The number of sulfonamides is 1. The van der Waals surface area contributed by atoms with Gasteiger partial charge in [0.1, 0.15) is 0 Å². The summed E-state index contributed by atoms with van der Waals surface area (Å²) in [6, 6.07) is 0. The predicted molar refractivity (Wildman–Crippen MR) is 52.9 cm³/mol. The molecule has 1 aromatic rings. The number of aromatic nitrogens is 2. The third-order valence-electron chi connectivity index (χ3n) is 1.88. The molecule has 6 nitrogen and oxygen atoms in total. The van der Waals surface area contributed by atoms with Crippen molar-refractivity contribution in [3.63, 3.8) is 0 Å². The topological polar surface area (TPSA) is 101 Å². The first-order valence-corrected chi connectivity index (χ1v) is 5.76. The van der Waals surface area contributed by atoms with Crippen LogP contribution in [-0.2, 0) is 16.6 Å². The van der Waals surface area contributed by atoms with Gasteiger partial charge in [0.2, 0.25) is 10.0 Å². The highest BCUT2D eigenvalue weighted by Crippen LogP contribution is 1.98. The van der Waals surface area contributed by atoms with E-state index >= 15 is 0 Å². The first-order valence-electron chi connectivity index (χ1n) is 4.22. The first kappa shape index (κ1) is 11.2. The Morgan fingerprint density at radius 2 is 2.43 bits per heavy atom. The number of hydrogen-bond donors (Lipinski definition) is 3. The molecule has 1 rings (SSSR count). The van der Waals surface area contributed by atoms with Gasteiger partial charge >= 0.3 is 0 Å². The average molecular weight is 218 g/mol. The summed E-state index contributed by atoms with van der Waals surface area (Å²) in [5.74, 6) is 0. The molecule has 1 unspecified atom stereocenters. The highest BCUT2D eigenvalue weighted by atomic mass is 32.2. The molecule has 1 aromatic heterocycles. The van der Waals surface area contributed by atoms with Gasteiger partial charge in [-0.1, -0.05) is 0 Å². The van der Waals surface area contributed by atoms with Crippen molar-refractivity contribution in [1.29, 1.82) is 0 Å². The SMILES string of the molecule is CC(CN)S(=O)(=O)NCc1cnc[nH]1. The third kappa shape index (κ3) is 2.79. The Morgan fingerprint density at radius 1 is 1.71 bits per heavy atom. The van der Waals surface area contributed by atoms with Gasteiger partial charge in [0, 0.05) is 18.4 Å². The quantitative estimate of drug-likeness (QED) is 0.600. The smallest absolute Gasteiger partial charge is 0.215 e. The zero-order valence-electron chi connectivity index (χ0n) is 7.90. The number of imidazole rings is 1. The summed E-state index contributed by atoms with van der Waals surface area (Å²) in [5.41, 5.74) is 5.99. The van der Waals surface area contributed by atoms with E-state index in [0.29, 0.717) is 0 Å². The fraction of sp³-hybridized carbons (Fsp3) is 0.571. The summed E-state index contributed by atoms with van der Waals surface area (Å²) in [6.45, 7) is 1.89. The minimum Gasteiger partial charge on any atom is -0.347 e. The van der Waals surface area contributed by atoms with Gasteiger partial charge in [-0.05, 0) is 6.92 Å². The van der Waals surface area contributed by atoms with Crippen LogP contribution < -0.4 is 10.5 Å². The summed E-state index contributed by atoms with van der Waals surface area (Å²) in [6.07, 6.45) is 3.06. The standard InChI is InChI=1S/C7H14N4O2S/c1-6(2-8)14(12,13)11-4-7-3-9-5-10-7/h3,5-6,11H,2,4,8H2,1H3,(H,9,10). The number of rotatable bonds is 5. The Morgan fingerprint density at radius 3 is 2.93 bits per heavy atom. The van der Waals surface area contributed by atoms with Crippen LogP contribution in [0.3, 0.4) is 0 Å². The predicted octanol–water partition coefficient (Wildman–Crippen LogP) is -0.824. The van der Waals surface area contributed by atoms with Crippen LogP contribution in [0.4, 0.5) is 0 Å². The summed E-state index contributed by atoms with van der Waals surface area (Å²) >= 11 is 0. The van der Waals surface area contributed by atoms with Gasteiger partial charge in [0.25, 0.3) is 0 Å². The average Bonchev–Trinajstić information content (AvgIpc) is 2.66. The Bertz CT molecular complexity index is 359. The largest absolute Gasteiger partial charge is 0.347 e. The minimum atomic E-state index is -3.31. The maximum absolute atomic E-state index is 11.4. The molecule has 14 heavy (non-hydrogen) atoms. The van der Waals surface area contributed by atoms with Crippen LogP contribution in [0, 0.1) is 0 Å². The fourth-order valence-corrected chi connectivity index (χ4v) is 1.72. The molecule has 7 heteroatoms. The lowest BCUT2D eigenvalue weighted by molar-refractivity contribution is 0.568. The van der Waals surface area contributed by atoms with Gasteiger partial charge in [-0.25, -0.2) is 18.1 Å². The maximum Gasteiger partial charge on any atom is 0.215 e. The van der Waals surface area contributed by atoms with Crippen molar-refractivity contribution >= 4 is 10.0 Å². The zero-order valence-corrected chi connectivity index (χ0v) is 8.71. The van der Waals surface area contributed by atoms with E-state index in [-0.39, 0.29) is 13.1 Å². The van der Waals surface area contributed by atoms with Crippen molar-refractivity contribution in [1.82, 2.24) is 14.7 Å². The summed E-state index contributed by atoms with van der Waals surface area (Å²) < 4.78 is 25.3. The number of nitrogens with two attached hydrogens (primary N) is 1. The number of hydrogen-bond acceptors (Lipinski definition) is 4.